The highest BCUT2D eigenvalue weighted by Crippen LogP contribution is 2.34. The fourth-order valence-corrected chi connectivity index (χ4v) is 2.51. The van der Waals surface area contributed by atoms with Crippen molar-refractivity contribution in [1.82, 2.24) is 4.98 Å². The van der Waals surface area contributed by atoms with Gasteiger partial charge in [0.1, 0.15) is 11.3 Å². The summed E-state index contributed by atoms with van der Waals surface area (Å²) in [6.45, 7) is 0. The van der Waals surface area contributed by atoms with Crippen molar-refractivity contribution in [3.05, 3.63) is 65.1 Å². The number of ether oxygens (including phenoxy) is 1. The summed E-state index contributed by atoms with van der Waals surface area (Å²) in [5.74, 6) is -0.639. The van der Waals surface area contributed by atoms with E-state index in [0.29, 0.717) is 16.8 Å². The molecule has 2 heterocycles. The van der Waals surface area contributed by atoms with Crippen molar-refractivity contribution in [1.29, 1.82) is 0 Å². The van der Waals surface area contributed by atoms with Gasteiger partial charge >= 0.3 is 0 Å². The van der Waals surface area contributed by atoms with Gasteiger partial charge in [-0.2, -0.15) is 0 Å². The Hall–Kier alpha value is -3.28. The van der Waals surface area contributed by atoms with Crippen molar-refractivity contribution in [2.45, 2.75) is 0 Å². The van der Waals surface area contributed by atoms with Gasteiger partial charge in [-0.05, 0) is 12.1 Å². The first-order chi connectivity index (χ1) is 10.7. The maximum atomic E-state index is 12.5. The fourth-order valence-electron chi connectivity index (χ4n) is 2.51. The van der Waals surface area contributed by atoms with Gasteiger partial charge in [-0.15, -0.1) is 0 Å². The van der Waals surface area contributed by atoms with E-state index >= 15 is 0 Å². The van der Waals surface area contributed by atoms with Crippen LogP contribution < -0.4 is 10.5 Å². The molecule has 0 amide bonds. The molecule has 1 aromatic carbocycles. The minimum atomic E-state index is -0.409. The quantitative estimate of drug-likeness (QED) is 0.590. The second kappa shape index (κ2) is 4.36. The van der Waals surface area contributed by atoms with E-state index in [-0.39, 0.29) is 23.0 Å². The lowest BCUT2D eigenvalue weighted by Crippen LogP contribution is -2.26. The minimum absolute atomic E-state index is 0.00925. The largest absolute Gasteiger partial charge is 0.432 e. The highest BCUT2D eigenvalue weighted by molar-refractivity contribution is 6.41. The van der Waals surface area contributed by atoms with E-state index in [9.17, 15) is 9.59 Å². The monoisotopic (exact) mass is 291 g/mol. The van der Waals surface area contributed by atoms with Crippen LogP contribution in [0.2, 0.25) is 0 Å². The number of ketones is 2. The summed E-state index contributed by atoms with van der Waals surface area (Å²) in [7, 11) is 0. The van der Waals surface area contributed by atoms with Gasteiger partial charge in [0.2, 0.25) is 17.4 Å². The molecule has 1 aromatic heterocycles. The molecule has 106 valence electrons. The summed E-state index contributed by atoms with van der Waals surface area (Å²) in [5, 5.41) is 0. The maximum absolute atomic E-state index is 12.5. The average Bonchev–Trinajstić information content (AvgIpc) is 2.79. The van der Waals surface area contributed by atoms with Gasteiger partial charge < -0.3 is 10.5 Å². The number of benzene rings is 1. The first kappa shape index (κ1) is 12.5. The lowest BCUT2D eigenvalue weighted by atomic mass is 10.1. The molecule has 2 aromatic rings. The normalized spacial score (nSPS) is 16.1. The third kappa shape index (κ3) is 1.61. The molecule has 4 rings (SSSR count). The van der Waals surface area contributed by atoms with Crippen LogP contribution in [0, 0.1) is 0 Å². The molecule has 1 aliphatic carbocycles. The molecule has 22 heavy (non-hydrogen) atoms. The lowest BCUT2D eigenvalue weighted by Gasteiger charge is -2.16. The first-order valence-electron chi connectivity index (χ1n) is 6.57. The Morgan fingerprint density at radius 3 is 2.32 bits per heavy atom. The maximum Gasteiger partial charge on any atom is 0.245 e. The van der Waals surface area contributed by atoms with Crippen LogP contribution in [0.3, 0.4) is 0 Å². The number of hydrogen-bond donors (Lipinski definition) is 1. The van der Waals surface area contributed by atoms with Gasteiger partial charge in [-0.3, -0.25) is 9.59 Å². The Kier molecular flexibility index (Phi) is 2.47. The third-order valence-corrected chi connectivity index (χ3v) is 3.52. The summed E-state index contributed by atoms with van der Waals surface area (Å²) in [6, 6.07) is 9.99. The summed E-state index contributed by atoms with van der Waals surface area (Å²) in [6.07, 6.45) is 1.53. The molecule has 6 nitrogen and oxygen atoms in total. The van der Waals surface area contributed by atoms with E-state index in [2.05, 4.69) is 9.98 Å². The number of allylic oxidation sites excluding steroid dienone is 1. The van der Waals surface area contributed by atoms with Gasteiger partial charge in [0.25, 0.3) is 0 Å². The zero-order chi connectivity index (χ0) is 15.3. The van der Waals surface area contributed by atoms with E-state index in [1.165, 1.54) is 6.20 Å². The van der Waals surface area contributed by atoms with Crippen LogP contribution >= 0.6 is 0 Å². The van der Waals surface area contributed by atoms with Crippen LogP contribution in [0.25, 0.3) is 0 Å². The van der Waals surface area contributed by atoms with E-state index in [4.69, 9.17) is 10.5 Å². The number of amidine groups is 1. The van der Waals surface area contributed by atoms with Crippen LogP contribution in [-0.4, -0.2) is 22.4 Å². The van der Waals surface area contributed by atoms with Gasteiger partial charge in [0.05, 0.1) is 0 Å². The van der Waals surface area contributed by atoms with Crippen molar-refractivity contribution < 1.29 is 14.3 Å². The van der Waals surface area contributed by atoms with Crippen LogP contribution in [0.1, 0.15) is 20.7 Å². The predicted octanol–water partition coefficient (Wildman–Crippen LogP) is 1.80. The molecule has 2 N–H and O–H groups in total. The number of hydrogen-bond acceptors (Lipinski definition) is 6. The Morgan fingerprint density at radius 1 is 0.955 bits per heavy atom. The van der Waals surface area contributed by atoms with Crippen LogP contribution in [-0.2, 0) is 0 Å². The number of nitrogens with zero attached hydrogens (tertiary/aromatic N) is 2. The molecule has 0 atom stereocenters. The third-order valence-electron chi connectivity index (χ3n) is 3.52. The molecule has 0 fully saturated rings. The van der Waals surface area contributed by atoms with Crippen LogP contribution in [0.4, 0.5) is 5.69 Å². The van der Waals surface area contributed by atoms with Crippen molar-refractivity contribution in [2.75, 3.05) is 0 Å². The van der Waals surface area contributed by atoms with Crippen LogP contribution in [0.5, 0.6) is 5.88 Å². The number of Topliss-reactive ketones (excluding diaryl/α,β-unsaturated/α-hetero) is 2. The second-order valence-electron chi connectivity index (χ2n) is 4.83. The molecule has 0 spiro atoms. The Morgan fingerprint density at radius 2 is 1.64 bits per heavy atom. The van der Waals surface area contributed by atoms with E-state index < -0.39 is 11.6 Å². The number of fused-ring (bicyclic) bond motifs is 2. The number of pyridine rings is 1. The molecule has 0 radical (unpaired) electrons. The van der Waals surface area contributed by atoms with Crippen molar-refractivity contribution in [2.24, 2.45) is 10.7 Å². The Labute approximate surface area is 125 Å². The number of carbonyl (C=O) groups is 2. The molecule has 1 aliphatic heterocycles. The molecule has 0 unspecified atom stereocenters. The number of aromatic nitrogens is 1. The van der Waals surface area contributed by atoms with Gasteiger partial charge in [0, 0.05) is 17.3 Å². The topological polar surface area (TPSA) is 94.6 Å². The fraction of sp³-hybridized carbons (Fsp3) is 0. The molecular weight excluding hydrogens is 282 g/mol. The molecule has 0 bridgehead atoms. The summed E-state index contributed by atoms with van der Waals surface area (Å²) >= 11 is 0. The molecular formula is C16H9N3O3. The van der Waals surface area contributed by atoms with Gasteiger partial charge in [0.15, 0.2) is 11.6 Å². The van der Waals surface area contributed by atoms with Gasteiger partial charge in [-0.25, -0.2) is 9.98 Å². The zero-order valence-electron chi connectivity index (χ0n) is 11.2. The summed E-state index contributed by atoms with van der Waals surface area (Å²) < 4.78 is 5.57. The number of rotatable bonds is 0. The minimum Gasteiger partial charge on any atom is -0.432 e. The predicted molar refractivity (Wildman–Crippen MR) is 78.3 cm³/mol. The smallest absolute Gasteiger partial charge is 0.245 e. The number of carbonyl (C=O) groups excluding carboxylic acids is 2. The van der Waals surface area contributed by atoms with E-state index in [1.54, 1.807) is 36.4 Å². The summed E-state index contributed by atoms with van der Waals surface area (Å²) in [5.41, 5.74) is 6.92. The number of aliphatic imine (C=N–C) groups is 1. The molecule has 6 heteroatoms. The SMILES string of the molecule is NC1=Nc2cccnc2OC1=C1C(=O)c2ccccc2C1=O. The van der Waals surface area contributed by atoms with E-state index in [0.717, 1.165) is 0 Å². The Balaban J connectivity index is 1.91. The molecule has 2 aliphatic rings. The Bertz CT molecular complexity index is 875. The molecule has 0 saturated carbocycles. The van der Waals surface area contributed by atoms with Crippen molar-refractivity contribution in [3.63, 3.8) is 0 Å². The number of nitrogens with two attached hydrogens (primary N) is 1. The highest BCUT2D eigenvalue weighted by Gasteiger charge is 2.38. The highest BCUT2D eigenvalue weighted by atomic mass is 16.5. The zero-order valence-corrected chi connectivity index (χ0v) is 11.2. The van der Waals surface area contributed by atoms with Gasteiger partial charge in [-0.1, -0.05) is 24.3 Å². The standard InChI is InChI=1S/C16H9N3O3/c17-15-14(22-16-10(19-15)6-3-7-18-16)11-12(20)8-4-1-2-5-9(8)13(11)21/h1-7H,(H2,17,19). The van der Waals surface area contributed by atoms with Crippen molar-refractivity contribution in [3.8, 4) is 5.88 Å². The van der Waals surface area contributed by atoms with E-state index in [1.807, 2.05) is 0 Å². The first-order valence-corrected chi connectivity index (χ1v) is 6.57. The lowest BCUT2D eigenvalue weighted by molar-refractivity contribution is 0.0983. The van der Waals surface area contributed by atoms with Crippen LogP contribution in [0.15, 0.2) is 58.9 Å². The second-order valence-corrected chi connectivity index (χ2v) is 4.83. The summed E-state index contributed by atoms with van der Waals surface area (Å²) in [4.78, 5) is 33.1. The molecule has 0 saturated heterocycles. The van der Waals surface area contributed by atoms with Crippen molar-refractivity contribution >= 4 is 23.1 Å². The average molecular weight is 291 g/mol.